The van der Waals surface area contributed by atoms with Crippen molar-refractivity contribution in [2.45, 2.75) is 39.3 Å². The molecule has 0 radical (unpaired) electrons. The van der Waals surface area contributed by atoms with Gasteiger partial charge in [-0.25, -0.2) is 0 Å². The zero-order valence-electron chi connectivity index (χ0n) is 14.6. The minimum atomic E-state index is 0.283. The molecule has 0 aromatic carbocycles. The van der Waals surface area contributed by atoms with Crippen molar-refractivity contribution in [2.24, 2.45) is 0 Å². The van der Waals surface area contributed by atoms with Gasteiger partial charge in [-0.1, -0.05) is 0 Å². The fourth-order valence-corrected chi connectivity index (χ4v) is 3.97. The number of aliphatic hydroxyl groups excluding tert-OH is 1. The van der Waals surface area contributed by atoms with Crippen LogP contribution in [-0.4, -0.2) is 88.5 Å². The molecule has 23 heavy (non-hydrogen) atoms. The van der Waals surface area contributed by atoms with E-state index < -0.39 is 0 Å². The third-order valence-corrected chi connectivity index (χ3v) is 5.56. The number of aromatic nitrogens is 2. The Labute approximate surface area is 139 Å². The molecule has 0 atom stereocenters. The van der Waals surface area contributed by atoms with E-state index in [1.165, 1.54) is 37.2 Å². The van der Waals surface area contributed by atoms with Gasteiger partial charge in [0.25, 0.3) is 0 Å². The largest absolute Gasteiger partial charge is 0.395 e. The summed E-state index contributed by atoms with van der Waals surface area (Å²) in [4.78, 5) is 7.61. The van der Waals surface area contributed by atoms with Crippen LogP contribution in [-0.2, 0) is 6.54 Å². The summed E-state index contributed by atoms with van der Waals surface area (Å²) in [5.41, 5.74) is 3.73. The number of nitrogens with zero attached hydrogens (tertiary/aromatic N) is 4. The lowest BCUT2D eigenvalue weighted by molar-refractivity contribution is 0.0516. The molecule has 2 saturated heterocycles. The van der Waals surface area contributed by atoms with Gasteiger partial charge in [-0.2, -0.15) is 5.10 Å². The van der Waals surface area contributed by atoms with E-state index in [2.05, 4.69) is 38.7 Å². The average molecular weight is 321 g/mol. The number of likely N-dealkylation sites (tertiary alicyclic amines) is 1. The summed E-state index contributed by atoms with van der Waals surface area (Å²) in [6.45, 7) is 13.3. The van der Waals surface area contributed by atoms with E-state index in [1.807, 2.05) is 0 Å². The van der Waals surface area contributed by atoms with Gasteiger partial charge in [0.1, 0.15) is 0 Å². The van der Waals surface area contributed by atoms with Crippen molar-refractivity contribution in [3.63, 3.8) is 0 Å². The fraction of sp³-hybridized carbons (Fsp3) is 0.824. The summed E-state index contributed by atoms with van der Waals surface area (Å²) < 4.78 is 0. The number of piperidine rings is 1. The van der Waals surface area contributed by atoms with Crippen molar-refractivity contribution >= 4 is 0 Å². The Balaban J connectivity index is 1.44. The highest BCUT2D eigenvalue weighted by molar-refractivity contribution is 5.22. The molecule has 3 heterocycles. The highest BCUT2D eigenvalue weighted by atomic mass is 16.3. The summed E-state index contributed by atoms with van der Waals surface area (Å²) in [6.07, 6.45) is 2.55. The summed E-state index contributed by atoms with van der Waals surface area (Å²) >= 11 is 0. The maximum atomic E-state index is 9.04. The fourth-order valence-electron chi connectivity index (χ4n) is 3.97. The maximum absolute atomic E-state index is 9.04. The molecular formula is C17H31N5O. The Hall–Kier alpha value is -0.950. The predicted molar refractivity (Wildman–Crippen MR) is 91.5 cm³/mol. The molecule has 2 fully saturated rings. The van der Waals surface area contributed by atoms with Gasteiger partial charge in [-0.05, 0) is 39.8 Å². The Morgan fingerprint density at radius 1 is 1.04 bits per heavy atom. The third kappa shape index (κ3) is 4.12. The second kappa shape index (κ2) is 7.75. The van der Waals surface area contributed by atoms with E-state index in [1.54, 1.807) is 0 Å². The lowest BCUT2D eigenvalue weighted by Gasteiger charge is -2.42. The van der Waals surface area contributed by atoms with Gasteiger partial charge in [-0.3, -0.25) is 19.8 Å². The quantitative estimate of drug-likeness (QED) is 0.832. The van der Waals surface area contributed by atoms with Crippen LogP contribution >= 0.6 is 0 Å². The molecule has 0 amide bonds. The standard InChI is InChI=1S/C17H31N5O/c1-14-17(15(2)19-18-14)13-21-5-3-16(4-6-21)22-9-7-20(8-10-22)11-12-23/h16,23H,3-13H2,1-2H3,(H,18,19). The van der Waals surface area contributed by atoms with E-state index in [-0.39, 0.29) is 6.61 Å². The highest BCUT2D eigenvalue weighted by Crippen LogP contribution is 2.21. The lowest BCUT2D eigenvalue weighted by atomic mass is 10.0. The molecule has 2 aliphatic heterocycles. The van der Waals surface area contributed by atoms with Crippen molar-refractivity contribution in [1.29, 1.82) is 0 Å². The number of H-pyrrole nitrogens is 1. The number of aryl methyl sites for hydroxylation is 2. The van der Waals surface area contributed by atoms with Crippen LogP contribution in [0.4, 0.5) is 0 Å². The van der Waals surface area contributed by atoms with E-state index >= 15 is 0 Å². The van der Waals surface area contributed by atoms with E-state index in [0.717, 1.165) is 51.0 Å². The lowest BCUT2D eigenvalue weighted by Crippen LogP contribution is -2.53. The Morgan fingerprint density at radius 2 is 1.74 bits per heavy atom. The van der Waals surface area contributed by atoms with Crippen LogP contribution in [0.25, 0.3) is 0 Å². The van der Waals surface area contributed by atoms with Crippen LogP contribution in [0, 0.1) is 13.8 Å². The first-order valence-electron chi connectivity index (χ1n) is 8.97. The minimum Gasteiger partial charge on any atom is -0.395 e. The van der Waals surface area contributed by atoms with Crippen LogP contribution in [0.1, 0.15) is 29.8 Å². The molecule has 0 bridgehead atoms. The summed E-state index contributed by atoms with van der Waals surface area (Å²) in [5, 5.41) is 16.4. The second-order valence-electron chi connectivity index (χ2n) is 7.02. The van der Waals surface area contributed by atoms with Gasteiger partial charge >= 0.3 is 0 Å². The van der Waals surface area contributed by atoms with Crippen molar-refractivity contribution in [1.82, 2.24) is 24.9 Å². The molecule has 0 spiro atoms. The van der Waals surface area contributed by atoms with Gasteiger partial charge in [0.15, 0.2) is 0 Å². The van der Waals surface area contributed by atoms with Crippen molar-refractivity contribution in [2.75, 3.05) is 52.4 Å². The first-order valence-corrected chi connectivity index (χ1v) is 8.97. The van der Waals surface area contributed by atoms with Crippen LogP contribution < -0.4 is 0 Å². The van der Waals surface area contributed by atoms with Crippen LogP contribution in [0.15, 0.2) is 0 Å². The number of aromatic amines is 1. The summed E-state index contributed by atoms with van der Waals surface area (Å²) in [5.74, 6) is 0. The predicted octanol–water partition coefficient (Wildman–Crippen LogP) is 0.601. The van der Waals surface area contributed by atoms with Crippen LogP contribution in [0.3, 0.4) is 0 Å². The van der Waals surface area contributed by atoms with Gasteiger partial charge in [0.2, 0.25) is 0 Å². The summed E-state index contributed by atoms with van der Waals surface area (Å²) in [6, 6.07) is 0.745. The monoisotopic (exact) mass is 321 g/mol. The Kier molecular flexibility index (Phi) is 5.69. The maximum Gasteiger partial charge on any atom is 0.0639 e. The molecule has 6 heteroatoms. The van der Waals surface area contributed by atoms with Crippen molar-refractivity contribution < 1.29 is 5.11 Å². The third-order valence-electron chi connectivity index (χ3n) is 5.56. The smallest absolute Gasteiger partial charge is 0.0639 e. The number of hydrogen-bond acceptors (Lipinski definition) is 5. The zero-order chi connectivity index (χ0) is 16.2. The van der Waals surface area contributed by atoms with Gasteiger partial charge < -0.3 is 5.11 Å². The summed E-state index contributed by atoms with van der Waals surface area (Å²) in [7, 11) is 0. The zero-order valence-corrected chi connectivity index (χ0v) is 14.6. The first kappa shape index (κ1) is 16.9. The molecule has 3 rings (SSSR count). The molecule has 0 saturated carbocycles. The molecule has 2 aliphatic rings. The normalized spacial score (nSPS) is 22.7. The van der Waals surface area contributed by atoms with E-state index in [9.17, 15) is 0 Å². The van der Waals surface area contributed by atoms with E-state index in [0.29, 0.717) is 0 Å². The molecular weight excluding hydrogens is 290 g/mol. The number of hydrogen-bond donors (Lipinski definition) is 2. The Bertz CT molecular complexity index is 468. The minimum absolute atomic E-state index is 0.283. The number of aliphatic hydroxyl groups is 1. The number of rotatable bonds is 5. The highest BCUT2D eigenvalue weighted by Gasteiger charge is 2.27. The molecule has 130 valence electrons. The molecule has 0 aliphatic carbocycles. The van der Waals surface area contributed by atoms with Crippen molar-refractivity contribution in [3.05, 3.63) is 17.0 Å². The van der Waals surface area contributed by atoms with Gasteiger partial charge in [0, 0.05) is 56.6 Å². The number of nitrogens with one attached hydrogen (secondary N) is 1. The van der Waals surface area contributed by atoms with Crippen LogP contribution in [0.5, 0.6) is 0 Å². The van der Waals surface area contributed by atoms with Gasteiger partial charge in [-0.15, -0.1) is 0 Å². The van der Waals surface area contributed by atoms with Gasteiger partial charge in [0.05, 0.1) is 12.3 Å². The van der Waals surface area contributed by atoms with E-state index in [4.69, 9.17) is 5.11 Å². The molecule has 1 aromatic heterocycles. The first-order chi connectivity index (χ1) is 11.2. The Morgan fingerprint density at radius 3 is 2.30 bits per heavy atom. The number of β-amino-alcohol motifs (C(OH)–C–C–N with tert-alkyl or cyclic N) is 1. The average Bonchev–Trinajstić information content (AvgIpc) is 2.89. The second-order valence-corrected chi connectivity index (χ2v) is 7.02. The molecule has 6 nitrogen and oxygen atoms in total. The molecule has 1 aromatic rings. The SMILES string of the molecule is Cc1n[nH]c(C)c1CN1CCC(N2CCN(CCO)CC2)CC1. The van der Waals surface area contributed by atoms with Crippen molar-refractivity contribution in [3.8, 4) is 0 Å². The van der Waals surface area contributed by atoms with Crippen LogP contribution in [0.2, 0.25) is 0 Å². The number of piperazine rings is 1. The molecule has 0 unspecified atom stereocenters. The molecule has 2 N–H and O–H groups in total. The topological polar surface area (TPSA) is 58.6 Å².